The summed E-state index contributed by atoms with van der Waals surface area (Å²) in [6, 6.07) is 9.57. The Kier molecular flexibility index (Phi) is 5.17. The van der Waals surface area contributed by atoms with Crippen LogP contribution in [0.5, 0.6) is 0 Å². The summed E-state index contributed by atoms with van der Waals surface area (Å²) in [4.78, 5) is 3.21. The maximum absolute atomic E-state index is 12.2. The van der Waals surface area contributed by atoms with Crippen LogP contribution in [0.3, 0.4) is 0 Å². The van der Waals surface area contributed by atoms with E-state index < -0.39 is 10.0 Å². The highest BCUT2D eigenvalue weighted by Crippen LogP contribution is 2.12. The second kappa shape index (κ2) is 6.89. The Morgan fingerprint density at radius 3 is 2.38 bits per heavy atom. The van der Waals surface area contributed by atoms with Gasteiger partial charge < -0.3 is 10.3 Å². The highest BCUT2D eigenvalue weighted by molar-refractivity contribution is 7.89. The van der Waals surface area contributed by atoms with Crippen molar-refractivity contribution in [2.75, 3.05) is 7.05 Å². The third-order valence-electron chi connectivity index (χ3n) is 3.29. The van der Waals surface area contributed by atoms with Crippen LogP contribution in [0.25, 0.3) is 0 Å². The minimum Gasteiger partial charge on any atom is -0.363 e. The molecular weight excluding hydrogens is 286 g/mol. The smallest absolute Gasteiger partial charge is 0.242 e. The number of benzene rings is 1. The van der Waals surface area contributed by atoms with Gasteiger partial charge in [-0.3, -0.25) is 0 Å². The van der Waals surface area contributed by atoms with E-state index in [1.54, 1.807) is 6.07 Å². The minimum absolute atomic E-state index is 0.262. The number of nitrogens with one attached hydrogen (secondary N) is 3. The predicted octanol–water partition coefficient (Wildman–Crippen LogP) is 1.77. The Morgan fingerprint density at radius 2 is 1.76 bits per heavy atom. The topological polar surface area (TPSA) is 74.0 Å². The normalized spacial score (nSPS) is 11.7. The molecule has 3 N–H and O–H groups in total. The standard InChI is InChI=1S/C15H21N3O2S/c1-3-12-4-6-13(7-5-12)9-18-21(19,20)15-8-14(10-16-2)17-11-15/h4-8,11,16-18H,3,9-10H2,1-2H3. The first-order chi connectivity index (χ1) is 10.0. The van der Waals surface area contributed by atoms with E-state index in [-0.39, 0.29) is 4.90 Å². The van der Waals surface area contributed by atoms with Gasteiger partial charge in [-0.25, -0.2) is 13.1 Å². The monoisotopic (exact) mass is 307 g/mol. The quantitative estimate of drug-likeness (QED) is 0.730. The van der Waals surface area contributed by atoms with Crippen molar-refractivity contribution in [2.24, 2.45) is 0 Å². The number of H-pyrrole nitrogens is 1. The summed E-state index contributed by atoms with van der Waals surface area (Å²) in [6.45, 7) is 2.99. The van der Waals surface area contributed by atoms with Gasteiger partial charge in [0.1, 0.15) is 0 Å². The molecule has 114 valence electrons. The number of aromatic nitrogens is 1. The van der Waals surface area contributed by atoms with Crippen molar-refractivity contribution < 1.29 is 8.42 Å². The molecule has 0 radical (unpaired) electrons. The molecule has 6 heteroatoms. The first kappa shape index (κ1) is 15.8. The molecule has 21 heavy (non-hydrogen) atoms. The molecular formula is C15H21N3O2S. The predicted molar refractivity (Wildman–Crippen MR) is 83.4 cm³/mol. The Labute approximate surface area is 125 Å². The molecule has 0 spiro atoms. The molecule has 1 heterocycles. The first-order valence-electron chi connectivity index (χ1n) is 6.94. The first-order valence-corrected chi connectivity index (χ1v) is 8.43. The number of hydrogen-bond donors (Lipinski definition) is 3. The molecule has 0 saturated heterocycles. The van der Waals surface area contributed by atoms with Crippen molar-refractivity contribution in [3.05, 3.63) is 53.3 Å². The molecule has 1 aromatic carbocycles. The van der Waals surface area contributed by atoms with Gasteiger partial charge in [0.05, 0.1) is 4.90 Å². The van der Waals surface area contributed by atoms with Crippen molar-refractivity contribution >= 4 is 10.0 Å². The van der Waals surface area contributed by atoms with E-state index >= 15 is 0 Å². The molecule has 0 fully saturated rings. The number of aromatic amines is 1. The number of rotatable bonds is 7. The minimum atomic E-state index is -3.48. The lowest BCUT2D eigenvalue weighted by Gasteiger charge is -2.06. The Balaban J connectivity index is 2.02. The fourth-order valence-electron chi connectivity index (χ4n) is 2.02. The van der Waals surface area contributed by atoms with Crippen LogP contribution < -0.4 is 10.0 Å². The lowest BCUT2D eigenvalue weighted by Crippen LogP contribution is -2.22. The summed E-state index contributed by atoms with van der Waals surface area (Å²) >= 11 is 0. The van der Waals surface area contributed by atoms with Crippen LogP contribution in [-0.2, 0) is 29.5 Å². The van der Waals surface area contributed by atoms with Gasteiger partial charge in [-0.15, -0.1) is 0 Å². The van der Waals surface area contributed by atoms with Crippen molar-refractivity contribution in [1.82, 2.24) is 15.0 Å². The summed E-state index contributed by atoms with van der Waals surface area (Å²) in [5.74, 6) is 0. The van der Waals surface area contributed by atoms with Crippen LogP contribution in [0, 0.1) is 0 Å². The third-order valence-corrected chi connectivity index (χ3v) is 4.67. The van der Waals surface area contributed by atoms with Crippen molar-refractivity contribution in [3.8, 4) is 0 Å². The van der Waals surface area contributed by atoms with Gasteiger partial charge in [0.15, 0.2) is 0 Å². The number of hydrogen-bond acceptors (Lipinski definition) is 3. The molecule has 2 rings (SSSR count). The highest BCUT2D eigenvalue weighted by Gasteiger charge is 2.15. The van der Waals surface area contributed by atoms with Crippen LogP contribution in [0.1, 0.15) is 23.7 Å². The van der Waals surface area contributed by atoms with Gasteiger partial charge in [-0.2, -0.15) is 0 Å². The van der Waals surface area contributed by atoms with Gasteiger partial charge in [-0.05, 0) is 30.7 Å². The Hall–Kier alpha value is -1.63. The SMILES string of the molecule is CCc1ccc(CNS(=O)(=O)c2c[nH]c(CNC)c2)cc1. The summed E-state index contributed by atoms with van der Waals surface area (Å²) < 4.78 is 27.0. The zero-order chi connectivity index (χ0) is 15.3. The lowest BCUT2D eigenvalue weighted by molar-refractivity contribution is 0.581. The molecule has 0 aliphatic heterocycles. The molecule has 1 aromatic heterocycles. The van der Waals surface area contributed by atoms with Crippen LogP contribution in [0.15, 0.2) is 41.4 Å². The largest absolute Gasteiger partial charge is 0.363 e. The fourth-order valence-corrected chi connectivity index (χ4v) is 3.06. The molecule has 0 bridgehead atoms. The molecule has 0 aliphatic rings. The van der Waals surface area contributed by atoms with E-state index in [1.165, 1.54) is 11.8 Å². The van der Waals surface area contributed by atoms with Crippen LogP contribution in [-0.4, -0.2) is 20.4 Å². The molecule has 0 aliphatic carbocycles. The molecule has 5 nitrogen and oxygen atoms in total. The van der Waals surface area contributed by atoms with Crippen molar-refractivity contribution in [2.45, 2.75) is 31.3 Å². The highest BCUT2D eigenvalue weighted by atomic mass is 32.2. The van der Waals surface area contributed by atoms with Gasteiger partial charge in [-0.1, -0.05) is 31.2 Å². The maximum atomic E-state index is 12.2. The summed E-state index contributed by atoms with van der Waals surface area (Å²) in [5.41, 5.74) is 3.02. The van der Waals surface area contributed by atoms with Gasteiger partial charge >= 0.3 is 0 Å². The maximum Gasteiger partial charge on any atom is 0.242 e. The van der Waals surface area contributed by atoms with E-state index in [0.29, 0.717) is 13.1 Å². The second-order valence-corrected chi connectivity index (χ2v) is 6.65. The van der Waals surface area contributed by atoms with Gasteiger partial charge in [0.25, 0.3) is 0 Å². The number of aryl methyl sites for hydroxylation is 1. The van der Waals surface area contributed by atoms with Gasteiger partial charge in [0.2, 0.25) is 10.0 Å². The van der Waals surface area contributed by atoms with Crippen LogP contribution in [0.4, 0.5) is 0 Å². The molecule has 0 atom stereocenters. The average molecular weight is 307 g/mol. The van der Waals surface area contributed by atoms with E-state index in [4.69, 9.17) is 0 Å². The third kappa shape index (κ3) is 4.17. The van der Waals surface area contributed by atoms with E-state index in [9.17, 15) is 8.42 Å². The zero-order valence-electron chi connectivity index (χ0n) is 12.3. The van der Waals surface area contributed by atoms with Gasteiger partial charge in [0, 0.05) is 25.0 Å². The zero-order valence-corrected chi connectivity index (χ0v) is 13.1. The summed E-state index contributed by atoms with van der Waals surface area (Å²) in [5, 5.41) is 2.97. The van der Waals surface area contributed by atoms with Crippen LogP contribution >= 0.6 is 0 Å². The molecule has 0 unspecified atom stereocenters. The van der Waals surface area contributed by atoms with Crippen molar-refractivity contribution in [3.63, 3.8) is 0 Å². The Bertz CT molecular complexity index is 675. The van der Waals surface area contributed by atoms with E-state index in [2.05, 4.69) is 21.9 Å². The number of sulfonamides is 1. The average Bonchev–Trinajstić information content (AvgIpc) is 2.96. The van der Waals surface area contributed by atoms with E-state index in [0.717, 1.165) is 17.7 Å². The summed E-state index contributed by atoms with van der Waals surface area (Å²) in [6.07, 6.45) is 2.48. The van der Waals surface area contributed by atoms with Crippen molar-refractivity contribution in [1.29, 1.82) is 0 Å². The molecule has 2 aromatic rings. The molecule has 0 saturated carbocycles. The Morgan fingerprint density at radius 1 is 1.10 bits per heavy atom. The summed E-state index contributed by atoms with van der Waals surface area (Å²) in [7, 11) is -1.67. The van der Waals surface area contributed by atoms with Crippen LogP contribution in [0.2, 0.25) is 0 Å². The second-order valence-electron chi connectivity index (χ2n) is 4.89. The van der Waals surface area contributed by atoms with E-state index in [1.807, 2.05) is 31.3 Å². The lowest BCUT2D eigenvalue weighted by atomic mass is 10.1. The fraction of sp³-hybridized carbons (Fsp3) is 0.333. The molecule has 0 amide bonds.